The topological polar surface area (TPSA) is 15.3 Å². The van der Waals surface area contributed by atoms with Crippen molar-refractivity contribution in [2.24, 2.45) is 5.92 Å². The standard InChI is InChI=1S/C15H23BrN2S/c1-17-10-11-4-2-3-9-18(12-5-6-12)15(11)13-7-8-14(16)19-13/h7-8,11-12,15,17H,2-6,9-10H2,1H3. The first-order chi connectivity index (χ1) is 9.29. The number of hydrogen-bond donors (Lipinski definition) is 1. The minimum Gasteiger partial charge on any atom is -0.319 e. The number of nitrogens with zero attached hydrogens (tertiary/aromatic N) is 1. The van der Waals surface area contributed by atoms with Crippen LogP contribution in [-0.4, -0.2) is 31.1 Å². The molecule has 1 aliphatic heterocycles. The number of likely N-dealkylation sites (tertiary alicyclic amines) is 1. The fourth-order valence-corrected chi connectivity index (χ4v) is 5.08. The van der Waals surface area contributed by atoms with E-state index in [2.05, 4.69) is 45.3 Å². The predicted molar refractivity (Wildman–Crippen MR) is 85.8 cm³/mol. The predicted octanol–water partition coefficient (Wildman–Crippen LogP) is 4.04. The maximum absolute atomic E-state index is 3.63. The first-order valence-electron chi connectivity index (χ1n) is 7.45. The molecule has 1 aromatic rings. The zero-order valence-electron chi connectivity index (χ0n) is 11.6. The maximum Gasteiger partial charge on any atom is 0.0701 e. The van der Waals surface area contributed by atoms with Crippen molar-refractivity contribution in [3.63, 3.8) is 0 Å². The third-order valence-corrected chi connectivity index (χ3v) is 6.11. The lowest BCUT2D eigenvalue weighted by atomic mass is 9.93. The molecule has 0 radical (unpaired) electrons. The number of halogens is 1. The Kier molecular flexibility index (Phi) is 4.62. The number of thiophene rings is 1. The van der Waals surface area contributed by atoms with Gasteiger partial charge in [0.25, 0.3) is 0 Å². The lowest BCUT2D eigenvalue weighted by Crippen LogP contribution is -2.37. The number of rotatable bonds is 4. The molecule has 106 valence electrons. The average molecular weight is 343 g/mol. The average Bonchev–Trinajstić information content (AvgIpc) is 3.17. The molecule has 0 bridgehead atoms. The van der Waals surface area contributed by atoms with Crippen molar-refractivity contribution in [1.82, 2.24) is 10.2 Å². The van der Waals surface area contributed by atoms with E-state index in [0.29, 0.717) is 6.04 Å². The lowest BCUT2D eigenvalue weighted by Gasteiger charge is -2.34. The molecule has 2 unspecified atom stereocenters. The fourth-order valence-electron chi connectivity index (χ4n) is 3.44. The van der Waals surface area contributed by atoms with Crippen LogP contribution in [0, 0.1) is 5.92 Å². The third kappa shape index (κ3) is 3.23. The van der Waals surface area contributed by atoms with Crippen molar-refractivity contribution < 1.29 is 0 Å². The van der Waals surface area contributed by atoms with Crippen LogP contribution in [0.1, 0.15) is 43.0 Å². The van der Waals surface area contributed by atoms with Gasteiger partial charge in [0.2, 0.25) is 0 Å². The quantitative estimate of drug-likeness (QED) is 0.888. The van der Waals surface area contributed by atoms with Crippen LogP contribution in [0.3, 0.4) is 0 Å². The fraction of sp³-hybridized carbons (Fsp3) is 0.733. The number of hydrogen-bond acceptors (Lipinski definition) is 3. The van der Waals surface area contributed by atoms with Gasteiger partial charge in [-0.05, 0) is 79.8 Å². The highest BCUT2D eigenvalue weighted by molar-refractivity contribution is 9.11. The molecular formula is C15H23BrN2S. The molecule has 4 heteroatoms. The molecule has 1 aliphatic carbocycles. The highest BCUT2D eigenvalue weighted by Gasteiger charge is 2.39. The molecular weight excluding hydrogens is 320 g/mol. The van der Waals surface area contributed by atoms with Crippen molar-refractivity contribution in [1.29, 1.82) is 0 Å². The van der Waals surface area contributed by atoms with E-state index in [0.717, 1.165) is 18.5 Å². The van der Waals surface area contributed by atoms with Crippen LogP contribution >= 0.6 is 27.3 Å². The Balaban J connectivity index is 1.88. The van der Waals surface area contributed by atoms with Gasteiger partial charge >= 0.3 is 0 Å². The summed E-state index contributed by atoms with van der Waals surface area (Å²) in [5.41, 5.74) is 0. The number of nitrogens with one attached hydrogen (secondary N) is 1. The van der Waals surface area contributed by atoms with Crippen molar-refractivity contribution in [3.8, 4) is 0 Å². The summed E-state index contributed by atoms with van der Waals surface area (Å²) in [5, 5.41) is 3.42. The Labute approximate surface area is 128 Å². The molecule has 0 aromatic carbocycles. The summed E-state index contributed by atoms with van der Waals surface area (Å²) in [4.78, 5) is 4.37. The van der Waals surface area contributed by atoms with Gasteiger partial charge in [-0.3, -0.25) is 4.90 Å². The van der Waals surface area contributed by atoms with Gasteiger partial charge in [0.05, 0.1) is 3.79 Å². The molecule has 19 heavy (non-hydrogen) atoms. The van der Waals surface area contributed by atoms with E-state index in [1.807, 2.05) is 11.3 Å². The van der Waals surface area contributed by atoms with E-state index < -0.39 is 0 Å². The zero-order valence-corrected chi connectivity index (χ0v) is 14.0. The molecule has 2 heterocycles. The summed E-state index contributed by atoms with van der Waals surface area (Å²) in [5.74, 6) is 0.763. The van der Waals surface area contributed by atoms with Crippen LogP contribution in [-0.2, 0) is 0 Å². The van der Waals surface area contributed by atoms with Crippen molar-refractivity contribution >= 4 is 27.3 Å². The maximum atomic E-state index is 3.63. The van der Waals surface area contributed by atoms with Gasteiger partial charge in [0.15, 0.2) is 0 Å². The minimum absolute atomic E-state index is 0.638. The van der Waals surface area contributed by atoms with Crippen LogP contribution in [0.5, 0.6) is 0 Å². The van der Waals surface area contributed by atoms with Gasteiger partial charge in [0.1, 0.15) is 0 Å². The Morgan fingerprint density at radius 2 is 2.16 bits per heavy atom. The van der Waals surface area contributed by atoms with Gasteiger partial charge in [-0.2, -0.15) is 0 Å². The Morgan fingerprint density at radius 3 is 2.79 bits per heavy atom. The molecule has 2 atom stereocenters. The highest BCUT2D eigenvalue weighted by Crippen LogP contribution is 2.44. The van der Waals surface area contributed by atoms with Gasteiger partial charge in [-0.15, -0.1) is 11.3 Å². The third-order valence-electron chi connectivity index (χ3n) is 4.41. The summed E-state index contributed by atoms with van der Waals surface area (Å²) in [6.45, 7) is 2.44. The van der Waals surface area contributed by atoms with Gasteiger partial charge in [-0.25, -0.2) is 0 Å². The molecule has 1 saturated carbocycles. The van der Waals surface area contributed by atoms with E-state index in [4.69, 9.17) is 0 Å². The van der Waals surface area contributed by atoms with Crippen LogP contribution in [0.4, 0.5) is 0 Å². The monoisotopic (exact) mass is 342 g/mol. The second-order valence-corrected chi connectivity index (χ2v) is 8.36. The molecule has 2 aliphatic rings. The summed E-state index contributed by atoms with van der Waals surface area (Å²) in [7, 11) is 2.09. The van der Waals surface area contributed by atoms with Crippen molar-refractivity contribution in [2.45, 2.75) is 44.2 Å². The Morgan fingerprint density at radius 1 is 1.32 bits per heavy atom. The molecule has 0 amide bonds. The van der Waals surface area contributed by atoms with Crippen molar-refractivity contribution in [2.75, 3.05) is 20.1 Å². The zero-order chi connectivity index (χ0) is 13.2. The van der Waals surface area contributed by atoms with E-state index in [1.54, 1.807) is 4.88 Å². The summed E-state index contributed by atoms with van der Waals surface area (Å²) < 4.78 is 1.27. The Hall–Kier alpha value is 0.1000. The smallest absolute Gasteiger partial charge is 0.0701 e. The normalized spacial score (nSPS) is 29.4. The largest absolute Gasteiger partial charge is 0.319 e. The molecule has 0 spiro atoms. The SMILES string of the molecule is CNCC1CCCCN(C2CC2)C1c1ccc(Br)s1. The van der Waals surface area contributed by atoms with Gasteiger partial charge in [0, 0.05) is 17.0 Å². The van der Waals surface area contributed by atoms with Crippen LogP contribution < -0.4 is 5.32 Å². The molecule has 2 fully saturated rings. The van der Waals surface area contributed by atoms with Crippen LogP contribution in [0.25, 0.3) is 0 Å². The van der Waals surface area contributed by atoms with Crippen molar-refractivity contribution in [3.05, 3.63) is 20.8 Å². The van der Waals surface area contributed by atoms with E-state index in [1.165, 1.54) is 42.4 Å². The first-order valence-corrected chi connectivity index (χ1v) is 9.06. The minimum atomic E-state index is 0.638. The van der Waals surface area contributed by atoms with Crippen LogP contribution in [0.15, 0.2) is 15.9 Å². The Bertz CT molecular complexity index is 416. The summed E-state index contributed by atoms with van der Waals surface area (Å²) in [6, 6.07) is 6.05. The summed E-state index contributed by atoms with van der Waals surface area (Å²) >= 11 is 5.56. The molecule has 3 rings (SSSR count). The lowest BCUT2D eigenvalue weighted by molar-refractivity contribution is 0.148. The highest BCUT2D eigenvalue weighted by atomic mass is 79.9. The van der Waals surface area contributed by atoms with E-state index in [-0.39, 0.29) is 0 Å². The first kappa shape index (κ1) is 14.1. The second-order valence-electron chi connectivity index (χ2n) is 5.87. The molecule has 2 nitrogen and oxygen atoms in total. The van der Waals surface area contributed by atoms with Gasteiger partial charge in [-0.1, -0.05) is 6.42 Å². The summed E-state index contributed by atoms with van der Waals surface area (Å²) in [6.07, 6.45) is 6.95. The molecule has 1 aromatic heterocycles. The van der Waals surface area contributed by atoms with Crippen LogP contribution in [0.2, 0.25) is 0 Å². The van der Waals surface area contributed by atoms with Gasteiger partial charge < -0.3 is 5.32 Å². The second kappa shape index (κ2) is 6.25. The molecule has 1 N–H and O–H groups in total. The molecule has 1 saturated heterocycles. The van der Waals surface area contributed by atoms with E-state index >= 15 is 0 Å². The van der Waals surface area contributed by atoms with E-state index in [9.17, 15) is 0 Å².